The molecule has 2 heterocycles. The summed E-state index contributed by atoms with van der Waals surface area (Å²) < 4.78 is 19.6. The monoisotopic (exact) mass is 443 g/mol. The first-order valence-corrected chi connectivity index (χ1v) is 11.2. The average molecular weight is 444 g/mol. The van der Waals surface area contributed by atoms with Crippen LogP contribution in [0.1, 0.15) is 53.0 Å². The molecular weight excluding hydrogens is 409 g/mol. The van der Waals surface area contributed by atoms with Crippen molar-refractivity contribution in [1.82, 2.24) is 15.3 Å². The highest BCUT2D eigenvalue weighted by Gasteiger charge is 2.23. The molecule has 0 saturated carbocycles. The third kappa shape index (κ3) is 6.80. The standard InChI is InChI=1S/C24H34FN5O2/c1-16(2)17-8-10-30(11-9-17)22-26-14-20(15-27-22)29-19-7-6-18(21(25)12-19)13-28-23(31)32-24(3,4)5/h6-7,12,14-17,29H,8-11,13H2,1-5H3,(H,28,31). The van der Waals surface area contributed by atoms with Crippen LogP contribution in [0.5, 0.6) is 0 Å². The van der Waals surface area contributed by atoms with Gasteiger partial charge in [0.25, 0.3) is 0 Å². The SMILES string of the molecule is CC(C)C1CCN(c2ncc(Nc3ccc(CNC(=O)OC(C)(C)C)c(F)c3)cn2)CC1. The third-order valence-electron chi connectivity index (χ3n) is 5.57. The Morgan fingerprint density at radius 2 is 1.84 bits per heavy atom. The number of alkyl carbamates (subject to hydrolysis) is 1. The number of benzene rings is 1. The van der Waals surface area contributed by atoms with Crippen molar-refractivity contribution in [3.63, 3.8) is 0 Å². The molecule has 1 saturated heterocycles. The molecule has 0 bridgehead atoms. The van der Waals surface area contributed by atoms with Crippen LogP contribution in [0.25, 0.3) is 0 Å². The maximum atomic E-state index is 14.5. The lowest BCUT2D eigenvalue weighted by molar-refractivity contribution is 0.0523. The van der Waals surface area contributed by atoms with Gasteiger partial charge in [0.05, 0.1) is 18.1 Å². The van der Waals surface area contributed by atoms with Gasteiger partial charge in [0.2, 0.25) is 5.95 Å². The minimum absolute atomic E-state index is 0.0480. The lowest BCUT2D eigenvalue weighted by Crippen LogP contribution is -2.36. The van der Waals surface area contributed by atoms with Crippen molar-refractivity contribution < 1.29 is 13.9 Å². The van der Waals surface area contributed by atoms with E-state index in [1.54, 1.807) is 45.3 Å². The molecular formula is C24H34FN5O2. The molecule has 3 rings (SSSR count). The molecule has 2 aromatic rings. The minimum atomic E-state index is -0.599. The maximum absolute atomic E-state index is 14.5. The Bertz CT molecular complexity index is 904. The van der Waals surface area contributed by atoms with E-state index >= 15 is 0 Å². The number of ether oxygens (including phenoxy) is 1. The topological polar surface area (TPSA) is 79.4 Å². The predicted octanol–water partition coefficient (Wildman–Crippen LogP) is 5.26. The van der Waals surface area contributed by atoms with Crippen LogP contribution in [0.15, 0.2) is 30.6 Å². The highest BCUT2D eigenvalue weighted by Crippen LogP contribution is 2.26. The number of nitrogens with zero attached hydrogens (tertiary/aromatic N) is 3. The first kappa shape index (κ1) is 23.8. The molecule has 1 aliphatic heterocycles. The second-order valence-corrected chi connectivity index (χ2v) is 9.63. The van der Waals surface area contributed by atoms with Gasteiger partial charge in [-0.3, -0.25) is 0 Å². The number of carbonyl (C=O) groups excluding carboxylic acids is 1. The van der Waals surface area contributed by atoms with E-state index in [1.807, 2.05) is 0 Å². The highest BCUT2D eigenvalue weighted by molar-refractivity contribution is 5.67. The quantitative estimate of drug-likeness (QED) is 0.634. The smallest absolute Gasteiger partial charge is 0.407 e. The van der Waals surface area contributed by atoms with Gasteiger partial charge in [-0.1, -0.05) is 19.9 Å². The molecule has 1 aromatic carbocycles. The van der Waals surface area contributed by atoms with Crippen molar-refractivity contribution in [3.8, 4) is 0 Å². The first-order chi connectivity index (χ1) is 15.1. The summed E-state index contributed by atoms with van der Waals surface area (Å²) in [7, 11) is 0. The van der Waals surface area contributed by atoms with Crippen LogP contribution in [0.4, 0.5) is 26.5 Å². The largest absolute Gasteiger partial charge is 0.444 e. The van der Waals surface area contributed by atoms with Crippen molar-refractivity contribution in [2.24, 2.45) is 11.8 Å². The molecule has 7 nitrogen and oxygen atoms in total. The van der Waals surface area contributed by atoms with Crippen molar-refractivity contribution in [3.05, 3.63) is 42.0 Å². The van der Waals surface area contributed by atoms with E-state index in [0.29, 0.717) is 22.9 Å². The van der Waals surface area contributed by atoms with Crippen molar-refractivity contribution >= 4 is 23.4 Å². The number of piperidine rings is 1. The van der Waals surface area contributed by atoms with Gasteiger partial charge in [-0.15, -0.1) is 0 Å². The molecule has 0 spiro atoms. The van der Waals surface area contributed by atoms with E-state index in [2.05, 4.69) is 39.3 Å². The zero-order chi connectivity index (χ0) is 23.3. The van der Waals surface area contributed by atoms with E-state index in [-0.39, 0.29) is 6.54 Å². The Hall–Kier alpha value is -2.90. The molecule has 1 fully saturated rings. The number of anilines is 3. The summed E-state index contributed by atoms with van der Waals surface area (Å²) in [6.45, 7) is 11.9. The number of aromatic nitrogens is 2. The summed E-state index contributed by atoms with van der Waals surface area (Å²) in [6.07, 6.45) is 5.18. The summed E-state index contributed by atoms with van der Waals surface area (Å²) in [5.41, 5.74) is 1.04. The van der Waals surface area contributed by atoms with Crippen LogP contribution in [-0.4, -0.2) is 34.8 Å². The number of amides is 1. The highest BCUT2D eigenvalue weighted by atomic mass is 19.1. The minimum Gasteiger partial charge on any atom is -0.444 e. The van der Waals surface area contributed by atoms with Crippen molar-refractivity contribution in [2.75, 3.05) is 23.3 Å². The average Bonchev–Trinajstić information content (AvgIpc) is 2.72. The molecule has 32 heavy (non-hydrogen) atoms. The first-order valence-electron chi connectivity index (χ1n) is 11.2. The van der Waals surface area contributed by atoms with Gasteiger partial charge in [0.15, 0.2) is 0 Å². The molecule has 1 aliphatic rings. The summed E-state index contributed by atoms with van der Waals surface area (Å²) in [5.74, 6) is 1.79. The number of halogens is 1. The van der Waals surface area contributed by atoms with Gasteiger partial charge in [-0.05, 0) is 57.6 Å². The second kappa shape index (κ2) is 10.1. The number of hydrogen-bond acceptors (Lipinski definition) is 6. The van der Waals surface area contributed by atoms with Gasteiger partial charge >= 0.3 is 6.09 Å². The molecule has 2 N–H and O–H groups in total. The molecule has 1 amide bonds. The summed E-state index contributed by atoms with van der Waals surface area (Å²) in [4.78, 5) is 22.9. The van der Waals surface area contributed by atoms with Gasteiger partial charge in [-0.25, -0.2) is 19.2 Å². The molecule has 0 unspecified atom stereocenters. The Balaban J connectivity index is 1.54. The van der Waals surface area contributed by atoms with Crippen LogP contribution in [0.2, 0.25) is 0 Å². The maximum Gasteiger partial charge on any atom is 0.407 e. The molecule has 0 aliphatic carbocycles. The van der Waals surface area contributed by atoms with E-state index in [1.165, 1.54) is 6.07 Å². The molecule has 0 radical (unpaired) electrons. The van der Waals surface area contributed by atoms with Crippen molar-refractivity contribution in [2.45, 2.75) is 59.6 Å². The Labute approximate surface area is 189 Å². The molecule has 8 heteroatoms. The molecule has 0 atom stereocenters. The van der Waals surface area contributed by atoms with E-state index in [0.717, 1.165) is 37.8 Å². The third-order valence-corrected chi connectivity index (χ3v) is 5.57. The van der Waals surface area contributed by atoms with Crippen LogP contribution in [-0.2, 0) is 11.3 Å². The lowest BCUT2D eigenvalue weighted by Gasteiger charge is -2.33. The van der Waals surface area contributed by atoms with Gasteiger partial charge in [0.1, 0.15) is 11.4 Å². The summed E-state index contributed by atoms with van der Waals surface area (Å²) in [5, 5.41) is 5.69. The zero-order valence-electron chi connectivity index (χ0n) is 19.6. The van der Waals surface area contributed by atoms with E-state index in [9.17, 15) is 9.18 Å². The fourth-order valence-corrected chi connectivity index (χ4v) is 3.73. The van der Waals surface area contributed by atoms with E-state index < -0.39 is 17.5 Å². The lowest BCUT2D eigenvalue weighted by atomic mass is 9.87. The van der Waals surface area contributed by atoms with Gasteiger partial charge < -0.3 is 20.3 Å². The van der Waals surface area contributed by atoms with Crippen LogP contribution in [0.3, 0.4) is 0 Å². The summed E-state index contributed by atoms with van der Waals surface area (Å²) in [6, 6.07) is 4.76. The number of carbonyl (C=O) groups is 1. The normalized spacial score (nSPS) is 15.0. The zero-order valence-corrected chi connectivity index (χ0v) is 19.6. The molecule has 1 aromatic heterocycles. The Morgan fingerprint density at radius 1 is 1.19 bits per heavy atom. The molecule has 174 valence electrons. The van der Waals surface area contributed by atoms with Crippen LogP contribution >= 0.6 is 0 Å². The number of hydrogen-bond donors (Lipinski definition) is 2. The van der Waals surface area contributed by atoms with E-state index in [4.69, 9.17) is 4.74 Å². The van der Waals surface area contributed by atoms with Crippen LogP contribution < -0.4 is 15.5 Å². The Morgan fingerprint density at radius 3 is 2.41 bits per heavy atom. The van der Waals surface area contributed by atoms with Gasteiger partial charge in [0, 0.05) is 30.9 Å². The second-order valence-electron chi connectivity index (χ2n) is 9.63. The fraction of sp³-hybridized carbons (Fsp3) is 0.542. The van der Waals surface area contributed by atoms with Crippen molar-refractivity contribution in [1.29, 1.82) is 0 Å². The summed E-state index contributed by atoms with van der Waals surface area (Å²) >= 11 is 0. The van der Waals surface area contributed by atoms with Crippen LogP contribution in [0, 0.1) is 17.7 Å². The fourth-order valence-electron chi connectivity index (χ4n) is 3.73. The van der Waals surface area contributed by atoms with Gasteiger partial charge in [-0.2, -0.15) is 0 Å². The number of rotatable bonds is 6. The number of nitrogens with one attached hydrogen (secondary N) is 2. The Kier molecular flexibility index (Phi) is 7.53. The predicted molar refractivity (Wildman–Crippen MR) is 125 cm³/mol.